The molecule has 0 aliphatic heterocycles. The first-order chi connectivity index (χ1) is 13.0. The molecule has 0 fully saturated rings. The Morgan fingerprint density at radius 2 is 2.04 bits per heavy atom. The summed E-state index contributed by atoms with van der Waals surface area (Å²) in [6, 6.07) is 12.4. The molecule has 0 unspecified atom stereocenters. The van der Waals surface area contributed by atoms with E-state index in [1.165, 1.54) is 13.2 Å². The van der Waals surface area contributed by atoms with Gasteiger partial charge in [0.2, 0.25) is 0 Å². The minimum atomic E-state index is -0.511. The molecule has 0 radical (unpaired) electrons. The van der Waals surface area contributed by atoms with Crippen molar-refractivity contribution in [2.75, 3.05) is 19.0 Å². The summed E-state index contributed by atoms with van der Waals surface area (Å²) in [5.41, 5.74) is 2.16. The first-order valence-electron chi connectivity index (χ1n) is 8.09. The van der Waals surface area contributed by atoms with E-state index in [-0.39, 0.29) is 12.2 Å². The smallest absolute Gasteiger partial charge is 0.266 e. The van der Waals surface area contributed by atoms with Crippen LogP contribution < -0.4 is 14.8 Å². The van der Waals surface area contributed by atoms with Crippen LogP contribution >= 0.6 is 11.6 Å². The van der Waals surface area contributed by atoms with Gasteiger partial charge in [-0.05, 0) is 42.8 Å². The third-order valence-electron chi connectivity index (χ3n) is 3.58. The fraction of sp³-hybridized carbons (Fsp3) is 0.143. The molecule has 0 spiro atoms. The molecule has 0 heterocycles. The SMILES string of the molecule is C=CCOc1c(Cl)cc(/C=C(\C#N)C(=O)Nc2ccc(C)cc2)cc1OC. The third kappa shape index (κ3) is 5.37. The van der Waals surface area contributed by atoms with Gasteiger partial charge in [0.1, 0.15) is 18.2 Å². The van der Waals surface area contributed by atoms with Crippen LogP contribution in [0.25, 0.3) is 6.08 Å². The quantitative estimate of drug-likeness (QED) is 0.425. The molecule has 6 heteroatoms. The Hall–Kier alpha value is -3.23. The number of nitrogens with zero attached hydrogens (tertiary/aromatic N) is 1. The second-order valence-electron chi connectivity index (χ2n) is 5.62. The maximum absolute atomic E-state index is 12.4. The number of methoxy groups -OCH3 is 1. The van der Waals surface area contributed by atoms with Gasteiger partial charge in [-0.2, -0.15) is 5.26 Å². The summed E-state index contributed by atoms with van der Waals surface area (Å²) in [5.74, 6) is 0.258. The van der Waals surface area contributed by atoms with Crippen molar-refractivity contribution in [2.45, 2.75) is 6.92 Å². The van der Waals surface area contributed by atoms with E-state index in [2.05, 4.69) is 11.9 Å². The van der Waals surface area contributed by atoms with Crippen molar-refractivity contribution in [2.24, 2.45) is 0 Å². The molecule has 1 N–H and O–H groups in total. The van der Waals surface area contributed by atoms with Gasteiger partial charge in [0.05, 0.1) is 12.1 Å². The van der Waals surface area contributed by atoms with E-state index in [9.17, 15) is 10.1 Å². The number of carbonyl (C=O) groups excluding carboxylic acids is 1. The van der Waals surface area contributed by atoms with Gasteiger partial charge in [-0.3, -0.25) is 4.79 Å². The van der Waals surface area contributed by atoms with Crippen molar-refractivity contribution in [1.29, 1.82) is 5.26 Å². The maximum Gasteiger partial charge on any atom is 0.266 e. The minimum Gasteiger partial charge on any atom is -0.493 e. The highest BCUT2D eigenvalue weighted by Gasteiger charge is 2.14. The van der Waals surface area contributed by atoms with E-state index in [1.807, 2.05) is 25.1 Å². The molecule has 0 bridgehead atoms. The number of rotatable bonds is 7. The number of benzene rings is 2. The Balaban J connectivity index is 2.29. The van der Waals surface area contributed by atoms with E-state index >= 15 is 0 Å². The maximum atomic E-state index is 12.4. The summed E-state index contributed by atoms with van der Waals surface area (Å²) in [4.78, 5) is 12.4. The van der Waals surface area contributed by atoms with Gasteiger partial charge in [0.15, 0.2) is 11.5 Å². The molecule has 2 rings (SSSR count). The third-order valence-corrected chi connectivity index (χ3v) is 3.86. The fourth-order valence-corrected chi connectivity index (χ4v) is 2.53. The van der Waals surface area contributed by atoms with Gasteiger partial charge < -0.3 is 14.8 Å². The van der Waals surface area contributed by atoms with Crippen LogP contribution in [-0.2, 0) is 4.79 Å². The van der Waals surface area contributed by atoms with Crippen LogP contribution in [-0.4, -0.2) is 19.6 Å². The zero-order valence-electron chi connectivity index (χ0n) is 15.1. The average molecular weight is 383 g/mol. The van der Waals surface area contributed by atoms with E-state index in [1.54, 1.807) is 30.3 Å². The number of aryl methyl sites for hydroxylation is 1. The predicted octanol–water partition coefficient (Wildman–Crippen LogP) is 4.77. The van der Waals surface area contributed by atoms with Gasteiger partial charge >= 0.3 is 0 Å². The van der Waals surface area contributed by atoms with Crippen LogP contribution in [0.2, 0.25) is 5.02 Å². The summed E-state index contributed by atoms with van der Waals surface area (Å²) in [6.07, 6.45) is 3.03. The average Bonchev–Trinajstić information content (AvgIpc) is 2.66. The Labute approximate surface area is 163 Å². The highest BCUT2D eigenvalue weighted by atomic mass is 35.5. The zero-order chi connectivity index (χ0) is 19.8. The first kappa shape index (κ1) is 20.1. The molecule has 0 aliphatic rings. The van der Waals surface area contributed by atoms with Crippen LogP contribution in [0.3, 0.4) is 0 Å². The van der Waals surface area contributed by atoms with Crippen molar-refractivity contribution in [3.05, 3.63) is 70.8 Å². The fourth-order valence-electron chi connectivity index (χ4n) is 2.26. The van der Waals surface area contributed by atoms with Gasteiger partial charge in [-0.25, -0.2) is 0 Å². The zero-order valence-corrected chi connectivity index (χ0v) is 15.8. The van der Waals surface area contributed by atoms with Crippen molar-refractivity contribution in [1.82, 2.24) is 0 Å². The van der Waals surface area contributed by atoms with Crippen molar-refractivity contribution in [3.63, 3.8) is 0 Å². The van der Waals surface area contributed by atoms with Crippen LogP contribution in [0.15, 0.2) is 54.6 Å². The number of carbonyl (C=O) groups is 1. The molecule has 0 saturated heterocycles. The molecule has 138 valence electrons. The number of nitriles is 1. The molecule has 1 amide bonds. The molecule has 27 heavy (non-hydrogen) atoms. The number of ether oxygens (including phenoxy) is 2. The lowest BCUT2D eigenvalue weighted by Crippen LogP contribution is -2.13. The second-order valence-corrected chi connectivity index (χ2v) is 6.03. The lowest BCUT2D eigenvalue weighted by molar-refractivity contribution is -0.112. The number of hydrogen-bond donors (Lipinski definition) is 1. The molecule has 0 saturated carbocycles. The largest absolute Gasteiger partial charge is 0.493 e. The topological polar surface area (TPSA) is 71.3 Å². The van der Waals surface area contributed by atoms with Crippen molar-refractivity contribution in [3.8, 4) is 17.6 Å². The molecule has 0 aliphatic carbocycles. The molecule has 2 aromatic carbocycles. The van der Waals surface area contributed by atoms with Crippen LogP contribution in [0.1, 0.15) is 11.1 Å². The Bertz CT molecular complexity index is 912. The summed E-state index contributed by atoms with van der Waals surface area (Å²) < 4.78 is 10.8. The van der Waals surface area contributed by atoms with Crippen molar-refractivity contribution >= 4 is 29.3 Å². The minimum absolute atomic E-state index is 0.0616. The van der Waals surface area contributed by atoms with Gasteiger partial charge in [-0.1, -0.05) is 42.0 Å². The molecule has 0 atom stereocenters. The lowest BCUT2D eigenvalue weighted by atomic mass is 10.1. The number of nitrogens with one attached hydrogen (secondary N) is 1. The summed E-state index contributed by atoms with van der Waals surface area (Å²) in [5, 5.41) is 12.4. The number of hydrogen-bond acceptors (Lipinski definition) is 4. The molecule has 5 nitrogen and oxygen atoms in total. The van der Waals surface area contributed by atoms with Crippen LogP contribution in [0.5, 0.6) is 11.5 Å². The summed E-state index contributed by atoms with van der Waals surface area (Å²) in [6.45, 7) is 5.81. The second kappa shape index (κ2) is 9.46. The van der Waals surface area contributed by atoms with Gasteiger partial charge in [0, 0.05) is 5.69 Å². The van der Waals surface area contributed by atoms with Gasteiger partial charge in [0.25, 0.3) is 5.91 Å². The summed E-state index contributed by atoms with van der Waals surface area (Å²) in [7, 11) is 1.48. The van der Waals surface area contributed by atoms with Gasteiger partial charge in [-0.15, -0.1) is 0 Å². The van der Waals surface area contributed by atoms with E-state index < -0.39 is 5.91 Å². The van der Waals surface area contributed by atoms with Crippen LogP contribution in [0, 0.1) is 18.3 Å². The Kier molecular flexibility index (Phi) is 7.04. The number of amides is 1. The van der Waals surface area contributed by atoms with E-state index in [4.69, 9.17) is 21.1 Å². The predicted molar refractivity (Wildman–Crippen MR) is 107 cm³/mol. The number of anilines is 1. The normalized spacial score (nSPS) is 10.7. The molecular formula is C21H19ClN2O3. The molecular weight excluding hydrogens is 364 g/mol. The van der Waals surface area contributed by atoms with E-state index in [0.717, 1.165) is 5.56 Å². The first-order valence-corrected chi connectivity index (χ1v) is 8.47. The highest BCUT2D eigenvalue weighted by molar-refractivity contribution is 6.32. The van der Waals surface area contributed by atoms with E-state index in [0.29, 0.717) is 27.8 Å². The lowest BCUT2D eigenvalue weighted by Gasteiger charge is -2.12. The Morgan fingerprint density at radius 3 is 2.63 bits per heavy atom. The monoisotopic (exact) mass is 382 g/mol. The van der Waals surface area contributed by atoms with Crippen molar-refractivity contribution < 1.29 is 14.3 Å². The standard InChI is InChI=1S/C21H19ClN2O3/c1-4-9-27-20-18(22)11-15(12-19(20)26-3)10-16(13-23)21(25)24-17-7-5-14(2)6-8-17/h4-8,10-12H,1,9H2,2-3H3,(H,24,25)/b16-10+. The van der Waals surface area contributed by atoms with Crippen LogP contribution in [0.4, 0.5) is 5.69 Å². The molecule has 0 aromatic heterocycles. The Morgan fingerprint density at radius 1 is 1.33 bits per heavy atom. The summed E-state index contributed by atoms with van der Waals surface area (Å²) >= 11 is 6.25. The molecule has 2 aromatic rings. The highest BCUT2D eigenvalue weighted by Crippen LogP contribution is 2.37. The number of halogens is 1.